The quantitative estimate of drug-likeness (QED) is 0.897. The van der Waals surface area contributed by atoms with Crippen molar-refractivity contribution in [2.75, 3.05) is 13.1 Å². The molecule has 0 aromatic heterocycles. The van der Waals surface area contributed by atoms with E-state index in [1.807, 2.05) is 30.9 Å². The largest absolute Gasteiger partial charge is 0.339 e. The van der Waals surface area contributed by atoms with E-state index >= 15 is 0 Å². The van der Waals surface area contributed by atoms with Gasteiger partial charge in [0.25, 0.3) is 5.91 Å². The van der Waals surface area contributed by atoms with Crippen LogP contribution in [0.3, 0.4) is 0 Å². The zero-order valence-corrected chi connectivity index (χ0v) is 11.1. The number of benzene rings is 1. The second-order valence-electron chi connectivity index (χ2n) is 4.06. The Morgan fingerprint density at radius 3 is 2.53 bits per heavy atom. The van der Waals surface area contributed by atoms with Crippen molar-refractivity contribution in [3.8, 4) is 0 Å². The van der Waals surface area contributed by atoms with Gasteiger partial charge in [0.05, 0.1) is 0 Å². The van der Waals surface area contributed by atoms with Crippen LogP contribution in [-0.2, 0) is 13.1 Å². The second-order valence-corrected chi connectivity index (χ2v) is 4.06. The molecule has 0 spiro atoms. The predicted molar refractivity (Wildman–Crippen MR) is 71.5 cm³/mol. The van der Waals surface area contributed by atoms with Gasteiger partial charge in [-0.2, -0.15) is 0 Å². The maximum Gasteiger partial charge on any atom is 0.253 e. The standard InChI is InChI=1S/C13H18N2O.ClH/c1-3-15(4-2)13(16)10-5-6-11-8-14-9-12(11)7-10;/h5-7,14H,3-4,8-9H2,1-2H3;1H. The van der Waals surface area contributed by atoms with Gasteiger partial charge in [-0.1, -0.05) is 6.07 Å². The van der Waals surface area contributed by atoms with E-state index in [1.54, 1.807) is 0 Å². The summed E-state index contributed by atoms with van der Waals surface area (Å²) in [7, 11) is 0. The van der Waals surface area contributed by atoms with Crippen LogP contribution in [0.5, 0.6) is 0 Å². The van der Waals surface area contributed by atoms with Gasteiger partial charge in [-0.3, -0.25) is 4.79 Å². The van der Waals surface area contributed by atoms with E-state index in [4.69, 9.17) is 0 Å². The monoisotopic (exact) mass is 254 g/mol. The van der Waals surface area contributed by atoms with E-state index < -0.39 is 0 Å². The summed E-state index contributed by atoms with van der Waals surface area (Å²) in [6.07, 6.45) is 0. The third kappa shape index (κ3) is 2.79. The van der Waals surface area contributed by atoms with Crippen molar-refractivity contribution in [2.45, 2.75) is 26.9 Å². The third-order valence-corrected chi connectivity index (χ3v) is 3.13. The summed E-state index contributed by atoms with van der Waals surface area (Å²) >= 11 is 0. The fourth-order valence-electron chi connectivity index (χ4n) is 2.12. The number of rotatable bonds is 3. The van der Waals surface area contributed by atoms with E-state index in [-0.39, 0.29) is 18.3 Å². The average Bonchev–Trinajstić information content (AvgIpc) is 2.77. The molecule has 1 aromatic carbocycles. The Morgan fingerprint density at radius 2 is 1.88 bits per heavy atom. The van der Waals surface area contributed by atoms with Crippen LogP contribution in [0, 0.1) is 0 Å². The lowest BCUT2D eigenvalue weighted by Gasteiger charge is -2.18. The first kappa shape index (κ1) is 14.0. The summed E-state index contributed by atoms with van der Waals surface area (Å²) in [6.45, 7) is 7.37. The van der Waals surface area contributed by atoms with Crippen molar-refractivity contribution >= 4 is 18.3 Å². The molecule has 4 heteroatoms. The molecule has 0 atom stereocenters. The van der Waals surface area contributed by atoms with Crippen LogP contribution in [0.15, 0.2) is 18.2 Å². The summed E-state index contributed by atoms with van der Waals surface area (Å²) in [4.78, 5) is 14.0. The van der Waals surface area contributed by atoms with Crippen LogP contribution < -0.4 is 5.32 Å². The minimum Gasteiger partial charge on any atom is -0.339 e. The molecule has 0 saturated heterocycles. The Morgan fingerprint density at radius 1 is 1.24 bits per heavy atom. The molecule has 0 saturated carbocycles. The summed E-state index contributed by atoms with van der Waals surface area (Å²) < 4.78 is 0. The lowest BCUT2D eigenvalue weighted by molar-refractivity contribution is 0.0773. The molecule has 17 heavy (non-hydrogen) atoms. The molecule has 1 N–H and O–H groups in total. The van der Waals surface area contributed by atoms with Gasteiger partial charge < -0.3 is 10.2 Å². The second kappa shape index (κ2) is 6.03. The van der Waals surface area contributed by atoms with Crippen molar-refractivity contribution in [1.82, 2.24) is 10.2 Å². The molecule has 0 fully saturated rings. The molecule has 0 radical (unpaired) electrons. The van der Waals surface area contributed by atoms with Crippen LogP contribution in [0.25, 0.3) is 0 Å². The van der Waals surface area contributed by atoms with Crippen molar-refractivity contribution in [2.24, 2.45) is 0 Å². The van der Waals surface area contributed by atoms with E-state index in [0.717, 1.165) is 31.7 Å². The first-order chi connectivity index (χ1) is 7.76. The molecular formula is C13H19ClN2O. The van der Waals surface area contributed by atoms with E-state index in [1.165, 1.54) is 11.1 Å². The van der Waals surface area contributed by atoms with Crippen molar-refractivity contribution in [1.29, 1.82) is 0 Å². The lowest BCUT2D eigenvalue weighted by atomic mass is 10.1. The highest BCUT2D eigenvalue weighted by atomic mass is 35.5. The number of amides is 1. The normalized spacial score (nSPS) is 12.8. The first-order valence-corrected chi connectivity index (χ1v) is 5.88. The molecule has 0 aliphatic carbocycles. The topological polar surface area (TPSA) is 32.3 Å². The summed E-state index contributed by atoms with van der Waals surface area (Å²) in [5, 5.41) is 3.29. The van der Waals surface area contributed by atoms with Crippen LogP contribution in [0.1, 0.15) is 35.3 Å². The van der Waals surface area contributed by atoms with Gasteiger partial charge in [0.15, 0.2) is 0 Å². The Balaban J connectivity index is 0.00000144. The SMILES string of the molecule is CCN(CC)C(=O)c1ccc2c(c1)CNC2.Cl. The number of hydrogen-bond acceptors (Lipinski definition) is 2. The first-order valence-electron chi connectivity index (χ1n) is 5.88. The Kier molecular flexibility index (Phi) is 4.97. The maximum absolute atomic E-state index is 12.1. The van der Waals surface area contributed by atoms with Gasteiger partial charge >= 0.3 is 0 Å². The third-order valence-electron chi connectivity index (χ3n) is 3.13. The Hall–Kier alpha value is -1.06. The van der Waals surface area contributed by atoms with Gasteiger partial charge in [0, 0.05) is 31.7 Å². The fraction of sp³-hybridized carbons (Fsp3) is 0.462. The highest BCUT2D eigenvalue weighted by Gasteiger charge is 2.16. The van der Waals surface area contributed by atoms with Crippen molar-refractivity contribution in [3.63, 3.8) is 0 Å². The summed E-state index contributed by atoms with van der Waals surface area (Å²) in [5.74, 6) is 0.139. The van der Waals surface area contributed by atoms with E-state index in [9.17, 15) is 4.79 Å². The molecule has 3 nitrogen and oxygen atoms in total. The Bertz CT molecular complexity index is 402. The predicted octanol–water partition coefficient (Wildman–Crippen LogP) is 2.19. The minimum atomic E-state index is 0. The van der Waals surface area contributed by atoms with E-state index in [0.29, 0.717) is 0 Å². The Labute approximate surface area is 109 Å². The molecule has 0 unspecified atom stereocenters. The molecule has 0 bridgehead atoms. The molecule has 1 aliphatic rings. The summed E-state index contributed by atoms with van der Waals surface area (Å²) in [5.41, 5.74) is 3.39. The van der Waals surface area contributed by atoms with E-state index in [2.05, 4.69) is 11.4 Å². The number of halogens is 1. The van der Waals surface area contributed by atoms with Crippen LogP contribution >= 0.6 is 12.4 Å². The van der Waals surface area contributed by atoms with Crippen molar-refractivity contribution in [3.05, 3.63) is 34.9 Å². The molecule has 1 aromatic rings. The highest BCUT2D eigenvalue weighted by molar-refractivity contribution is 5.94. The van der Waals surface area contributed by atoms with Crippen molar-refractivity contribution < 1.29 is 4.79 Å². The molecular weight excluding hydrogens is 236 g/mol. The zero-order chi connectivity index (χ0) is 11.5. The molecule has 1 amide bonds. The van der Waals surface area contributed by atoms with Gasteiger partial charge in [-0.15, -0.1) is 12.4 Å². The van der Waals surface area contributed by atoms with Crippen LogP contribution in [-0.4, -0.2) is 23.9 Å². The van der Waals surface area contributed by atoms with Crippen LogP contribution in [0.2, 0.25) is 0 Å². The molecule has 1 heterocycles. The minimum absolute atomic E-state index is 0. The van der Waals surface area contributed by atoms with Gasteiger partial charge in [0.1, 0.15) is 0 Å². The summed E-state index contributed by atoms with van der Waals surface area (Å²) in [6, 6.07) is 6.02. The smallest absolute Gasteiger partial charge is 0.253 e. The number of nitrogens with one attached hydrogen (secondary N) is 1. The fourth-order valence-corrected chi connectivity index (χ4v) is 2.12. The maximum atomic E-state index is 12.1. The molecule has 1 aliphatic heterocycles. The number of carbonyl (C=O) groups excluding carboxylic acids is 1. The molecule has 2 rings (SSSR count). The number of hydrogen-bond donors (Lipinski definition) is 1. The zero-order valence-electron chi connectivity index (χ0n) is 10.3. The average molecular weight is 255 g/mol. The number of fused-ring (bicyclic) bond motifs is 1. The highest BCUT2D eigenvalue weighted by Crippen LogP contribution is 2.18. The number of nitrogens with zero attached hydrogens (tertiary/aromatic N) is 1. The lowest BCUT2D eigenvalue weighted by Crippen LogP contribution is -2.30. The van der Waals surface area contributed by atoms with Gasteiger partial charge in [-0.05, 0) is 37.1 Å². The van der Waals surface area contributed by atoms with Gasteiger partial charge in [0.2, 0.25) is 0 Å². The molecule has 94 valence electrons. The van der Waals surface area contributed by atoms with Crippen LogP contribution in [0.4, 0.5) is 0 Å². The number of carbonyl (C=O) groups is 1. The van der Waals surface area contributed by atoms with Gasteiger partial charge in [-0.25, -0.2) is 0 Å².